The third kappa shape index (κ3) is 7.75. The molecule has 0 aliphatic rings. The first-order chi connectivity index (χ1) is 18.8. The fourth-order valence-electron chi connectivity index (χ4n) is 3.52. The maximum Gasteiger partial charge on any atom is 0.335 e. The number of aromatic carboxylic acids is 1. The maximum absolute atomic E-state index is 12.8. The summed E-state index contributed by atoms with van der Waals surface area (Å²) in [6, 6.07) is 16.9. The van der Waals surface area contributed by atoms with Crippen LogP contribution < -0.4 is 24.3 Å². The van der Waals surface area contributed by atoms with Gasteiger partial charge in [-0.2, -0.15) is 5.26 Å². The van der Waals surface area contributed by atoms with Gasteiger partial charge < -0.3 is 29.4 Å². The van der Waals surface area contributed by atoms with Gasteiger partial charge in [0.2, 0.25) is 0 Å². The molecule has 0 heterocycles. The average Bonchev–Trinajstić information content (AvgIpc) is 2.95. The smallest absolute Gasteiger partial charge is 0.335 e. The standard InChI is InChI=1S/C29H27BrN2O7/c1-4-38-26-12-21(24(30)14-27(26)39-17-18-5-7-19(8-6-18)29(34)35)11-22(15-31)28(33)32-16-20-9-10-23(36-2)13-25(20)37-3/h5-14H,4,16-17H2,1-3H3,(H,32,33)(H,34,35)/b22-11+. The molecule has 0 spiro atoms. The molecule has 0 aliphatic carbocycles. The Hall–Kier alpha value is -4.49. The number of hydrogen-bond donors (Lipinski definition) is 2. The zero-order chi connectivity index (χ0) is 28.4. The monoisotopic (exact) mass is 594 g/mol. The van der Waals surface area contributed by atoms with Crippen LogP contribution in [0.4, 0.5) is 0 Å². The van der Waals surface area contributed by atoms with Gasteiger partial charge in [0.1, 0.15) is 29.7 Å². The number of carboxylic acid groups (broad SMARTS) is 1. The Labute approximate surface area is 234 Å². The molecule has 0 aromatic heterocycles. The lowest BCUT2D eigenvalue weighted by Gasteiger charge is -2.14. The molecule has 3 aromatic carbocycles. The van der Waals surface area contributed by atoms with E-state index in [9.17, 15) is 14.9 Å². The summed E-state index contributed by atoms with van der Waals surface area (Å²) in [5.74, 6) is 0.491. The van der Waals surface area contributed by atoms with Gasteiger partial charge in [-0.3, -0.25) is 4.79 Å². The molecular weight excluding hydrogens is 568 g/mol. The summed E-state index contributed by atoms with van der Waals surface area (Å²) in [5.41, 5.74) is 2.14. The number of amides is 1. The fourth-order valence-corrected chi connectivity index (χ4v) is 3.96. The van der Waals surface area contributed by atoms with E-state index in [4.69, 9.17) is 24.1 Å². The molecule has 0 fully saturated rings. The van der Waals surface area contributed by atoms with Crippen molar-refractivity contribution < 1.29 is 33.6 Å². The number of rotatable bonds is 12. The zero-order valence-electron chi connectivity index (χ0n) is 21.6. The summed E-state index contributed by atoms with van der Waals surface area (Å²) in [5, 5.41) is 21.5. The molecule has 0 saturated heterocycles. The van der Waals surface area contributed by atoms with Gasteiger partial charge in [-0.1, -0.05) is 28.1 Å². The number of nitrogens with one attached hydrogen (secondary N) is 1. The average molecular weight is 595 g/mol. The van der Waals surface area contributed by atoms with Gasteiger partial charge in [0.25, 0.3) is 5.91 Å². The number of carboxylic acids is 1. The van der Waals surface area contributed by atoms with Crippen molar-refractivity contribution in [3.63, 3.8) is 0 Å². The minimum atomic E-state index is -1.00. The highest BCUT2D eigenvalue weighted by atomic mass is 79.9. The number of hydrogen-bond acceptors (Lipinski definition) is 7. The number of methoxy groups -OCH3 is 2. The Morgan fingerprint density at radius 1 is 1.00 bits per heavy atom. The van der Waals surface area contributed by atoms with Gasteiger partial charge in [0.05, 0.1) is 26.4 Å². The number of carbonyl (C=O) groups excluding carboxylic acids is 1. The third-order valence-corrected chi connectivity index (χ3v) is 6.24. The second-order valence-electron chi connectivity index (χ2n) is 8.07. The Bertz CT molecular complexity index is 1410. The van der Waals surface area contributed by atoms with Crippen LogP contribution in [0, 0.1) is 11.3 Å². The van der Waals surface area contributed by atoms with Crippen LogP contribution in [0.25, 0.3) is 6.08 Å². The topological polar surface area (TPSA) is 127 Å². The van der Waals surface area contributed by atoms with Crippen molar-refractivity contribution in [3.8, 4) is 29.1 Å². The van der Waals surface area contributed by atoms with Crippen molar-refractivity contribution in [2.24, 2.45) is 0 Å². The van der Waals surface area contributed by atoms with Crippen molar-refractivity contribution in [1.82, 2.24) is 5.32 Å². The van der Waals surface area contributed by atoms with Crippen LogP contribution in [0.2, 0.25) is 0 Å². The van der Waals surface area contributed by atoms with Crippen molar-refractivity contribution >= 4 is 33.9 Å². The SMILES string of the molecule is CCOc1cc(/C=C(\C#N)C(=O)NCc2ccc(OC)cc2OC)c(Br)cc1OCc1ccc(C(=O)O)cc1. The van der Waals surface area contributed by atoms with Gasteiger partial charge in [-0.25, -0.2) is 4.79 Å². The van der Waals surface area contributed by atoms with Crippen molar-refractivity contribution in [2.45, 2.75) is 20.1 Å². The largest absolute Gasteiger partial charge is 0.497 e. The first-order valence-corrected chi connectivity index (χ1v) is 12.6. The second kappa shape index (κ2) is 13.9. The van der Waals surface area contributed by atoms with Crippen LogP contribution in [0.15, 0.2) is 64.6 Å². The van der Waals surface area contributed by atoms with Crippen LogP contribution in [0.3, 0.4) is 0 Å². The van der Waals surface area contributed by atoms with E-state index < -0.39 is 11.9 Å². The van der Waals surface area contributed by atoms with E-state index in [1.165, 1.54) is 25.3 Å². The minimum absolute atomic E-state index is 0.0992. The summed E-state index contributed by atoms with van der Waals surface area (Å²) in [6.45, 7) is 2.52. The highest BCUT2D eigenvalue weighted by Crippen LogP contribution is 2.35. The third-order valence-electron chi connectivity index (χ3n) is 5.56. The van der Waals surface area contributed by atoms with E-state index in [0.29, 0.717) is 39.6 Å². The van der Waals surface area contributed by atoms with Crippen LogP contribution in [0.1, 0.15) is 34.0 Å². The van der Waals surface area contributed by atoms with Crippen LogP contribution >= 0.6 is 15.9 Å². The first-order valence-electron chi connectivity index (χ1n) is 11.8. The summed E-state index contributed by atoms with van der Waals surface area (Å²) >= 11 is 3.48. The molecular formula is C29H27BrN2O7. The number of ether oxygens (including phenoxy) is 4. The second-order valence-corrected chi connectivity index (χ2v) is 8.93. The Morgan fingerprint density at radius 3 is 2.33 bits per heavy atom. The van der Waals surface area contributed by atoms with Gasteiger partial charge >= 0.3 is 5.97 Å². The molecule has 3 aromatic rings. The number of nitriles is 1. The molecule has 1 amide bonds. The molecule has 0 aliphatic heterocycles. The number of halogens is 1. The quantitative estimate of drug-likeness (QED) is 0.212. The lowest BCUT2D eigenvalue weighted by molar-refractivity contribution is -0.117. The normalized spacial score (nSPS) is 10.8. The van der Waals surface area contributed by atoms with Gasteiger partial charge in [0.15, 0.2) is 11.5 Å². The molecule has 0 saturated carbocycles. The van der Waals surface area contributed by atoms with Crippen molar-refractivity contribution in [1.29, 1.82) is 5.26 Å². The van der Waals surface area contributed by atoms with E-state index in [1.54, 1.807) is 49.6 Å². The molecule has 0 radical (unpaired) electrons. The molecule has 0 atom stereocenters. The first kappa shape index (κ1) is 29.1. The van der Waals surface area contributed by atoms with Crippen molar-refractivity contribution in [2.75, 3.05) is 20.8 Å². The minimum Gasteiger partial charge on any atom is -0.497 e. The molecule has 0 bridgehead atoms. The fraction of sp³-hybridized carbons (Fsp3) is 0.207. The Balaban J connectivity index is 1.77. The van der Waals surface area contributed by atoms with E-state index in [-0.39, 0.29) is 24.3 Å². The molecule has 10 heteroatoms. The molecule has 2 N–H and O–H groups in total. The Morgan fingerprint density at radius 2 is 1.72 bits per heavy atom. The number of nitrogens with zero attached hydrogens (tertiary/aromatic N) is 1. The molecule has 202 valence electrons. The lowest BCUT2D eigenvalue weighted by Crippen LogP contribution is -2.24. The van der Waals surface area contributed by atoms with Crippen LogP contribution in [0.5, 0.6) is 23.0 Å². The predicted octanol–water partition coefficient (Wildman–Crippen LogP) is 5.37. The highest BCUT2D eigenvalue weighted by Gasteiger charge is 2.15. The summed E-state index contributed by atoms with van der Waals surface area (Å²) in [7, 11) is 3.08. The molecule has 9 nitrogen and oxygen atoms in total. The summed E-state index contributed by atoms with van der Waals surface area (Å²) < 4.78 is 22.8. The van der Waals surface area contributed by atoms with Crippen LogP contribution in [-0.4, -0.2) is 37.8 Å². The van der Waals surface area contributed by atoms with E-state index in [2.05, 4.69) is 21.2 Å². The van der Waals surface area contributed by atoms with Gasteiger partial charge in [0, 0.05) is 22.6 Å². The molecule has 39 heavy (non-hydrogen) atoms. The van der Waals surface area contributed by atoms with E-state index in [0.717, 1.165) is 11.1 Å². The Kier molecular flexibility index (Phi) is 10.3. The maximum atomic E-state index is 12.8. The number of carbonyl (C=O) groups is 2. The lowest BCUT2D eigenvalue weighted by atomic mass is 10.1. The number of benzene rings is 3. The molecule has 3 rings (SSSR count). The van der Waals surface area contributed by atoms with Crippen molar-refractivity contribution in [3.05, 3.63) is 86.9 Å². The van der Waals surface area contributed by atoms with Crippen LogP contribution in [-0.2, 0) is 17.9 Å². The summed E-state index contributed by atoms with van der Waals surface area (Å²) in [4.78, 5) is 23.9. The van der Waals surface area contributed by atoms with Gasteiger partial charge in [-0.05, 0) is 60.5 Å². The predicted molar refractivity (Wildman–Crippen MR) is 148 cm³/mol. The zero-order valence-corrected chi connectivity index (χ0v) is 23.2. The molecule has 0 unspecified atom stereocenters. The summed E-state index contributed by atoms with van der Waals surface area (Å²) in [6.07, 6.45) is 1.46. The van der Waals surface area contributed by atoms with E-state index in [1.807, 2.05) is 13.0 Å². The van der Waals surface area contributed by atoms with E-state index >= 15 is 0 Å². The highest BCUT2D eigenvalue weighted by molar-refractivity contribution is 9.10. The van der Waals surface area contributed by atoms with Gasteiger partial charge in [-0.15, -0.1) is 0 Å².